The van der Waals surface area contributed by atoms with Gasteiger partial charge in [0.15, 0.2) is 0 Å². The number of hydrogen-bond acceptors (Lipinski definition) is 5. The van der Waals surface area contributed by atoms with Gasteiger partial charge in [-0.2, -0.15) is 0 Å². The van der Waals surface area contributed by atoms with Crippen molar-refractivity contribution in [3.05, 3.63) is 75.8 Å². The van der Waals surface area contributed by atoms with E-state index in [1.54, 1.807) is 36.5 Å². The Labute approximate surface area is 164 Å². The summed E-state index contributed by atoms with van der Waals surface area (Å²) in [6.45, 7) is 0.216. The molecule has 6 nitrogen and oxygen atoms in total. The van der Waals surface area contributed by atoms with Crippen molar-refractivity contribution < 1.29 is 18.7 Å². The molecule has 3 rings (SSSR count). The Morgan fingerprint density at radius 1 is 1.18 bits per heavy atom. The molecule has 0 atom stereocenters. The van der Waals surface area contributed by atoms with Crippen LogP contribution in [-0.2, 0) is 16.1 Å². The van der Waals surface area contributed by atoms with Crippen molar-refractivity contribution in [2.75, 3.05) is 12.4 Å². The molecule has 0 radical (unpaired) electrons. The van der Waals surface area contributed by atoms with E-state index in [2.05, 4.69) is 5.32 Å². The molecule has 1 N–H and O–H groups in total. The van der Waals surface area contributed by atoms with Crippen molar-refractivity contribution in [2.24, 2.45) is 0 Å². The van der Waals surface area contributed by atoms with Crippen molar-refractivity contribution in [3.8, 4) is 10.4 Å². The van der Waals surface area contributed by atoms with Crippen LogP contribution in [0.15, 0.2) is 59.5 Å². The normalized spacial score (nSPS) is 10.5. The Kier molecular flexibility index (Phi) is 6.00. The highest BCUT2D eigenvalue weighted by Crippen LogP contribution is 2.35. The number of halogens is 1. The highest BCUT2D eigenvalue weighted by atomic mass is 32.1. The summed E-state index contributed by atoms with van der Waals surface area (Å²) < 4.78 is 19.4. The molecule has 0 saturated heterocycles. The number of nitrogens with zero attached hydrogens (tertiary/aromatic N) is 1. The number of nitrogens with one attached hydrogen (secondary N) is 1. The summed E-state index contributed by atoms with van der Waals surface area (Å²) in [5.41, 5.74) is 0.842. The fraction of sp³-hybridized carbons (Fsp3) is 0.150. The van der Waals surface area contributed by atoms with Crippen LogP contribution in [0.25, 0.3) is 10.4 Å². The number of aryl methyl sites for hydroxylation is 1. The zero-order valence-electron chi connectivity index (χ0n) is 15.0. The van der Waals surface area contributed by atoms with Gasteiger partial charge in [0.25, 0.3) is 5.56 Å². The fourth-order valence-corrected chi connectivity index (χ4v) is 3.60. The van der Waals surface area contributed by atoms with Crippen molar-refractivity contribution in [3.63, 3.8) is 0 Å². The van der Waals surface area contributed by atoms with E-state index >= 15 is 0 Å². The molecule has 0 unspecified atom stereocenters. The lowest BCUT2D eigenvalue weighted by molar-refractivity contribution is -0.116. The van der Waals surface area contributed by atoms with Crippen molar-refractivity contribution in [1.29, 1.82) is 0 Å². The number of ether oxygens (including phenoxy) is 1. The molecule has 0 aliphatic rings. The molecule has 0 bridgehead atoms. The van der Waals surface area contributed by atoms with Gasteiger partial charge in [0, 0.05) is 30.1 Å². The molecular weight excluding hydrogens is 383 g/mol. The molecule has 0 fully saturated rings. The lowest BCUT2D eigenvalue weighted by Gasteiger charge is -2.07. The van der Waals surface area contributed by atoms with Gasteiger partial charge in [0.2, 0.25) is 5.91 Å². The van der Waals surface area contributed by atoms with Gasteiger partial charge < -0.3 is 14.6 Å². The average molecular weight is 400 g/mol. The Balaban J connectivity index is 1.78. The van der Waals surface area contributed by atoms with Crippen LogP contribution >= 0.6 is 11.3 Å². The molecule has 1 aromatic carbocycles. The number of benzene rings is 1. The first-order chi connectivity index (χ1) is 13.5. The van der Waals surface area contributed by atoms with Crippen molar-refractivity contribution in [2.45, 2.75) is 13.0 Å². The number of pyridine rings is 1. The topological polar surface area (TPSA) is 77.4 Å². The van der Waals surface area contributed by atoms with E-state index in [-0.39, 0.29) is 35.1 Å². The SMILES string of the molecule is COC(=O)c1sc(-c2ccc(F)cc2)cc1NC(=O)CCn1ccccc1=O. The second kappa shape index (κ2) is 8.62. The number of esters is 1. The third-order valence-electron chi connectivity index (χ3n) is 3.98. The van der Waals surface area contributed by atoms with Gasteiger partial charge in [-0.3, -0.25) is 9.59 Å². The van der Waals surface area contributed by atoms with Crippen LogP contribution < -0.4 is 10.9 Å². The summed E-state index contributed by atoms with van der Waals surface area (Å²) in [6, 6.07) is 12.2. The van der Waals surface area contributed by atoms with Crippen LogP contribution in [0.5, 0.6) is 0 Å². The largest absolute Gasteiger partial charge is 0.465 e. The first kappa shape index (κ1) is 19.5. The predicted molar refractivity (Wildman–Crippen MR) is 105 cm³/mol. The van der Waals surface area contributed by atoms with Gasteiger partial charge >= 0.3 is 5.97 Å². The minimum absolute atomic E-state index is 0.0618. The van der Waals surface area contributed by atoms with Crippen LogP contribution in [0.3, 0.4) is 0 Å². The van der Waals surface area contributed by atoms with E-state index < -0.39 is 5.97 Å². The lowest BCUT2D eigenvalue weighted by Crippen LogP contribution is -2.22. The summed E-state index contributed by atoms with van der Waals surface area (Å²) in [5.74, 6) is -1.28. The standard InChI is InChI=1S/C20H17FN2O4S/c1-27-20(26)19-15(12-16(28-19)13-5-7-14(21)8-6-13)22-17(24)9-11-23-10-3-2-4-18(23)25/h2-8,10,12H,9,11H2,1H3,(H,22,24). The number of thiophene rings is 1. The summed E-state index contributed by atoms with van der Waals surface area (Å²) in [4.78, 5) is 37.0. The van der Waals surface area contributed by atoms with E-state index in [4.69, 9.17) is 4.74 Å². The Hall–Kier alpha value is -3.26. The maximum absolute atomic E-state index is 13.1. The Morgan fingerprint density at radius 3 is 2.61 bits per heavy atom. The van der Waals surface area contributed by atoms with Gasteiger partial charge in [-0.15, -0.1) is 11.3 Å². The number of methoxy groups -OCH3 is 1. The van der Waals surface area contributed by atoms with Gasteiger partial charge in [-0.1, -0.05) is 18.2 Å². The number of anilines is 1. The van der Waals surface area contributed by atoms with Crippen LogP contribution in [0.2, 0.25) is 0 Å². The summed E-state index contributed by atoms with van der Waals surface area (Å²) in [7, 11) is 1.26. The first-order valence-electron chi connectivity index (χ1n) is 8.41. The van der Waals surface area contributed by atoms with E-state index in [0.29, 0.717) is 16.1 Å². The maximum atomic E-state index is 13.1. The van der Waals surface area contributed by atoms with Crippen LogP contribution in [0.4, 0.5) is 10.1 Å². The van der Waals surface area contributed by atoms with E-state index in [1.165, 1.54) is 29.9 Å². The molecule has 8 heteroatoms. The fourth-order valence-electron chi connectivity index (χ4n) is 2.56. The molecule has 0 saturated carbocycles. The molecule has 0 aliphatic heterocycles. The number of amides is 1. The molecule has 1 amide bonds. The maximum Gasteiger partial charge on any atom is 0.350 e. The Morgan fingerprint density at radius 2 is 1.93 bits per heavy atom. The quantitative estimate of drug-likeness (QED) is 0.642. The highest BCUT2D eigenvalue weighted by Gasteiger charge is 2.19. The molecule has 144 valence electrons. The minimum atomic E-state index is -0.576. The van der Waals surface area contributed by atoms with E-state index in [1.807, 2.05) is 0 Å². The summed E-state index contributed by atoms with van der Waals surface area (Å²) >= 11 is 1.14. The second-order valence-corrected chi connectivity index (χ2v) is 6.93. The smallest absolute Gasteiger partial charge is 0.350 e. The summed E-state index contributed by atoms with van der Waals surface area (Å²) in [6.07, 6.45) is 1.67. The molecule has 2 heterocycles. The number of rotatable bonds is 6. The molecule has 0 aliphatic carbocycles. The zero-order chi connectivity index (χ0) is 20.1. The third kappa shape index (κ3) is 4.52. The Bertz CT molecular complexity index is 1060. The zero-order valence-corrected chi connectivity index (χ0v) is 15.8. The first-order valence-corrected chi connectivity index (χ1v) is 9.23. The lowest BCUT2D eigenvalue weighted by atomic mass is 10.2. The van der Waals surface area contributed by atoms with Crippen LogP contribution in [0, 0.1) is 5.82 Å². The molecule has 0 spiro atoms. The minimum Gasteiger partial charge on any atom is -0.465 e. The predicted octanol–water partition coefficient (Wildman–Crippen LogP) is 3.53. The number of hydrogen-bond donors (Lipinski definition) is 1. The average Bonchev–Trinajstić information content (AvgIpc) is 3.11. The van der Waals surface area contributed by atoms with Gasteiger partial charge in [0.1, 0.15) is 10.7 Å². The monoisotopic (exact) mass is 400 g/mol. The van der Waals surface area contributed by atoms with E-state index in [9.17, 15) is 18.8 Å². The number of carbonyl (C=O) groups excluding carboxylic acids is 2. The van der Waals surface area contributed by atoms with Crippen molar-refractivity contribution >= 4 is 28.9 Å². The molecule has 2 aromatic heterocycles. The van der Waals surface area contributed by atoms with E-state index in [0.717, 1.165) is 11.3 Å². The van der Waals surface area contributed by atoms with Crippen LogP contribution in [-0.4, -0.2) is 23.6 Å². The molecular formula is C20H17FN2O4S. The number of aromatic nitrogens is 1. The number of carbonyl (C=O) groups is 2. The third-order valence-corrected chi connectivity index (χ3v) is 5.15. The van der Waals surface area contributed by atoms with Gasteiger partial charge in [-0.05, 0) is 29.8 Å². The second-order valence-electron chi connectivity index (χ2n) is 5.88. The highest BCUT2D eigenvalue weighted by molar-refractivity contribution is 7.18. The van der Waals surface area contributed by atoms with Gasteiger partial charge in [-0.25, -0.2) is 9.18 Å². The van der Waals surface area contributed by atoms with Crippen molar-refractivity contribution in [1.82, 2.24) is 4.57 Å². The molecule has 3 aromatic rings. The van der Waals surface area contributed by atoms with Crippen LogP contribution in [0.1, 0.15) is 16.1 Å². The summed E-state index contributed by atoms with van der Waals surface area (Å²) in [5, 5.41) is 2.70. The van der Waals surface area contributed by atoms with Gasteiger partial charge in [0.05, 0.1) is 12.8 Å². The molecule has 28 heavy (non-hydrogen) atoms.